The van der Waals surface area contributed by atoms with Gasteiger partial charge in [-0.15, -0.1) is 0 Å². The Hall–Kier alpha value is -2.76. The number of carbonyl (C=O) groups is 1. The standard InChI is InChI=1S/C13H12N4O2/c1-17-9-11(4-5-12(17)18)13(19)16-15-8-10-3-2-6-14-7-10/h2-9H,1H3,(H,16,19). The number of rotatable bonds is 3. The molecule has 6 nitrogen and oxygen atoms in total. The van der Waals surface area contributed by atoms with E-state index >= 15 is 0 Å². The van der Waals surface area contributed by atoms with E-state index in [9.17, 15) is 9.59 Å². The number of hydrazone groups is 1. The molecule has 19 heavy (non-hydrogen) atoms. The SMILES string of the molecule is Cn1cc(C(=O)NN=Cc2cccnc2)ccc1=O. The zero-order chi connectivity index (χ0) is 13.7. The molecule has 0 saturated carbocycles. The Bertz CT molecular complexity index is 662. The van der Waals surface area contributed by atoms with Gasteiger partial charge in [-0.3, -0.25) is 14.6 Å². The smallest absolute Gasteiger partial charge is 0.272 e. The minimum Gasteiger partial charge on any atom is -0.318 e. The van der Waals surface area contributed by atoms with Crippen LogP contribution in [0.1, 0.15) is 15.9 Å². The monoisotopic (exact) mass is 256 g/mol. The molecule has 0 aromatic carbocycles. The summed E-state index contributed by atoms with van der Waals surface area (Å²) < 4.78 is 1.33. The molecule has 0 spiro atoms. The summed E-state index contributed by atoms with van der Waals surface area (Å²) >= 11 is 0. The molecule has 2 rings (SSSR count). The van der Waals surface area contributed by atoms with E-state index in [0.29, 0.717) is 5.56 Å². The lowest BCUT2D eigenvalue weighted by atomic mass is 10.3. The van der Waals surface area contributed by atoms with Crippen molar-refractivity contribution in [1.29, 1.82) is 0 Å². The molecule has 0 bridgehead atoms. The first-order valence-corrected chi connectivity index (χ1v) is 5.57. The summed E-state index contributed by atoms with van der Waals surface area (Å²) in [5.41, 5.74) is 3.36. The highest BCUT2D eigenvalue weighted by molar-refractivity contribution is 5.94. The molecule has 2 aromatic rings. The molecule has 0 aliphatic rings. The molecule has 0 saturated heterocycles. The summed E-state index contributed by atoms with van der Waals surface area (Å²) in [6.07, 6.45) is 6.23. The van der Waals surface area contributed by atoms with Crippen molar-refractivity contribution in [3.8, 4) is 0 Å². The number of amides is 1. The summed E-state index contributed by atoms with van der Waals surface area (Å²) in [6, 6.07) is 6.38. The Labute approximate surface area is 109 Å². The van der Waals surface area contributed by atoms with Gasteiger partial charge in [0.25, 0.3) is 5.91 Å². The van der Waals surface area contributed by atoms with Crippen molar-refractivity contribution in [2.24, 2.45) is 12.1 Å². The number of nitrogens with one attached hydrogen (secondary N) is 1. The van der Waals surface area contributed by atoms with Crippen LogP contribution in [-0.4, -0.2) is 21.7 Å². The predicted molar refractivity (Wildman–Crippen MR) is 71.0 cm³/mol. The first-order chi connectivity index (χ1) is 9.16. The van der Waals surface area contributed by atoms with Crippen LogP contribution in [0.5, 0.6) is 0 Å². The quantitative estimate of drug-likeness (QED) is 0.643. The molecule has 0 atom stereocenters. The van der Waals surface area contributed by atoms with Gasteiger partial charge >= 0.3 is 0 Å². The number of hydrogen-bond acceptors (Lipinski definition) is 4. The van der Waals surface area contributed by atoms with E-state index in [4.69, 9.17) is 0 Å². The van der Waals surface area contributed by atoms with Crippen LogP contribution >= 0.6 is 0 Å². The van der Waals surface area contributed by atoms with Crippen LogP contribution in [-0.2, 0) is 7.05 Å². The maximum absolute atomic E-state index is 11.7. The van der Waals surface area contributed by atoms with Gasteiger partial charge in [0.05, 0.1) is 11.8 Å². The Morgan fingerprint density at radius 1 is 1.42 bits per heavy atom. The molecule has 0 aliphatic heterocycles. The minimum absolute atomic E-state index is 0.171. The maximum Gasteiger partial charge on any atom is 0.272 e. The number of hydrogen-bond donors (Lipinski definition) is 1. The lowest BCUT2D eigenvalue weighted by Gasteiger charge is -2.01. The molecule has 6 heteroatoms. The van der Waals surface area contributed by atoms with Crippen LogP contribution < -0.4 is 11.0 Å². The fraction of sp³-hybridized carbons (Fsp3) is 0.0769. The minimum atomic E-state index is -0.379. The summed E-state index contributed by atoms with van der Waals surface area (Å²) in [7, 11) is 1.58. The van der Waals surface area contributed by atoms with E-state index in [1.54, 1.807) is 25.5 Å². The summed E-state index contributed by atoms with van der Waals surface area (Å²) in [6.45, 7) is 0. The highest BCUT2D eigenvalue weighted by atomic mass is 16.2. The van der Waals surface area contributed by atoms with Crippen molar-refractivity contribution >= 4 is 12.1 Å². The zero-order valence-corrected chi connectivity index (χ0v) is 10.3. The van der Waals surface area contributed by atoms with Gasteiger partial charge in [0, 0.05) is 37.3 Å². The van der Waals surface area contributed by atoms with E-state index in [2.05, 4.69) is 15.5 Å². The number of carbonyl (C=O) groups excluding carboxylic acids is 1. The van der Waals surface area contributed by atoms with Crippen molar-refractivity contribution in [3.63, 3.8) is 0 Å². The fourth-order valence-electron chi connectivity index (χ4n) is 1.41. The average molecular weight is 256 g/mol. The second kappa shape index (κ2) is 5.72. The summed E-state index contributed by atoms with van der Waals surface area (Å²) in [5.74, 6) is -0.379. The number of nitrogens with zero attached hydrogens (tertiary/aromatic N) is 3. The molecule has 0 unspecified atom stereocenters. The van der Waals surface area contributed by atoms with E-state index < -0.39 is 0 Å². The molecular formula is C13H12N4O2. The predicted octanol–water partition coefficient (Wildman–Crippen LogP) is 0.544. The fourth-order valence-corrected chi connectivity index (χ4v) is 1.41. The van der Waals surface area contributed by atoms with Crippen LogP contribution in [0.3, 0.4) is 0 Å². The molecule has 96 valence electrons. The van der Waals surface area contributed by atoms with Gasteiger partial charge < -0.3 is 4.57 Å². The second-order valence-electron chi connectivity index (χ2n) is 3.85. The molecule has 2 aromatic heterocycles. The third-order valence-corrected chi connectivity index (χ3v) is 2.41. The molecule has 1 N–H and O–H groups in total. The van der Waals surface area contributed by atoms with Gasteiger partial charge in [-0.1, -0.05) is 6.07 Å². The van der Waals surface area contributed by atoms with E-state index in [1.165, 1.54) is 29.1 Å². The normalized spacial score (nSPS) is 10.6. The van der Waals surface area contributed by atoms with Crippen LogP contribution in [0.4, 0.5) is 0 Å². The lowest BCUT2D eigenvalue weighted by molar-refractivity contribution is 0.0954. The van der Waals surface area contributed by atoms with Crippen molar-refractivity contribution < 1.29 is 4.79 Å². The summed E-state index contributed by atoms with van der Waals surface area (Å²) in [5, 5.41) is 3.82. The first-order valence-electron chi connectivity index (χ1n) is 5.57. The van der Waals surface area contributed by atoms with Crippen molar-refractivity contribution in [2.45, 2.75) is 0 Å². The Balaban J connectivity index is 2.03. The maximum atomic E-state index is 11.7. The molecule has 2 heterocycles. The molecular weight excluding hydrogens is 244 g/mol. The van der Waals surface area contributed by atoms with Crippen molar-refractivity contribution in [2.75, 3.05) is 0 Å². The van der Waals surface area contributed by atoms with Gasteiger partial charge in [-0.2, -0.15) is 5.10 Å². The second-order valence-corrected chi connectivity index (χ2v) is 3.85. The Kier molecular flexibility index (Phi) is 3.82. The van der Waals surface area contributed by atoms with E-state index in [1.807, 2.05) is 6.07 Å². The highest BCUT2D eigenvalue weighted by Crippen LogP contribution is 1.95. The zero-order valence-electron chi connectivity index (χ0n) is 10.3. The van der Waals surface area contributed by atoms with Crippen LogP contribution in [0.25, 0.3) is 0 Å². The Morgan fingerprint density at radius 3 is 2.95 bits per heavy atom. The molecule has 0 radical (unpaired) electrons. The van der Waals surface area contributed by atoms with Gasteiger partial charge in [-0.25, -0.2) is 5.43 Å². The topological polar surface area (TPSA) is 76.3 Å². The molecule has 1 amide bonds. The highest BCUT2D eigenvalue weighted by Gasteiger charge is 2.04. The third-order valence-electron chi connectivity index (χ3n) is 2.41. The molecule has 0 fully saturated rings. The summed E-state index contributed by atoms with van der Waals surface area (Å²) in [4.78, 5) is 26.8. The third kappa shape index (κ3) is 3.35. The van der Waals surface area contributed by atoms with Gasteiger partial charge in [-0.05, 0) is 12.1 Å². The lowest BCUT2D eigenvalue weighted by Crippen LogP contribution is -2.22. The largest absolute Gasteiger partial charge is 0.318 e. The van der Waals surface area contributed by atoms with Crippen LogP contribution in [0.2, 0.25) is 0 Å². The molecule has 0 aliphatic carbocycles. The Morgan fingerprint density at radius 2 is 2.26 bits per heavy atom. The van der Waals surface area contributed by atoms with E-state index in [-0.39, 0.29) is 11.5 Å². The van der Waals surface area contributed by atoms with Crippen LogP contribution in [0, 0.1) is 0 Å². The van der Waals surface area contributed by atoms with Gasteiger partial charge in [0.1, 0.15) is 0 Å². The van der Waals surface area contributed by atoms with Crippen molar-refractivity contribution in [3.05, 3.63) is 64.3 Å². The van der Waals surface area contributed by atoms with Gasteiger partial charge in [0.15, 0.2) is 0 Å². The number of pyridine rings is 2. The first kappa shape index (κ1) is 12.7. The van der Waals surface area contributed by atoms with Gasteiger partial charge in [0.2, 0.25) is 5.56 Å². The van der Waals surface area contributed by atoms with Crippen LogP contribution in [0.15, 0.2) is 52.8 Å². The number of aromatic nitrogens is 2. The van der Waals surface area contributed by atoms with E-state index in [0.717, 1.165) is 5.56 Å². The van der Waals surface area contributed by atoms with Crippen molar-refractivity contribution in [1.82, 2.24) is 15.0 Å². The number of aryl methyl sites for hydroxylation is 1. The average Bonchev–Trinajstić information content (AvgIpc) is 2.43.